The topological polar surface area (TPSA) is 35.5 Å². The van der Waals surface area contributed by atoms with Gasteiger partial charge in [-0.25, -0.2) is 9.97 Å². The molecule has 146 valence electrons. The van der Waals surface area contributed by atoms with Crippen molar-refractivity contribution in [1.82, 2.24) is 19.8 Å². The normalized spacial score (nSPS) is 18.9. The third kappa shape index (κ3) is 3.90. The number of likely N-dealkylation sites (tertiary alicyclic amines) is 1. The Hall–Kier alpha value is -2.02. The Morgan fingerprint density at radius 3 is 2.36 bits per heavy atom. The first-order chi connectivity index (χ1) is 13.8. The van der Waals surface area contributed by atoms with Crippen LogP contribution in [0.15, 0.2) is 42.7 Å². The number of anilines is 1. The fraction of sp³-hybridized carbons (Fsp3) is 0.455. The van der Waals surface area contributed by atoms with Gasteiger partial charge in [0.1, 0.15) is 12.1 Å². The zero-order valence-corrected chi connectivity index (χ0v) is 17.1. The van der Waals surface area contributed by atoms with E-state index in [2.05, 4.69) is 61.1 Å². The first-order valence-corrected chi connectivity index (χ1v) is 11.2. The molecule has 5 rings (SSSR count). The van der Waals surface area contributed by atoms with Gasteiger partial charge in [0.05, 0.1) is 10.6 Å². The molecule has 0 amide bonds. The summed E-state index contributed by atoms with van der Waals surface area (Å²) in [7, 11) is 0. The molecule has 0 unspecified atom stereocenters. The molecule has 0 radical (unpaired) electrons. The molecule has 28 heavy (non-hydrogen) atoms. The van der Waals surface area contributed by atoms with Crippen molar-refractivity contribution in [2.75, 3.05) is 57.3 Å². The van der Waals surface area contributed by atoms with Crippen LogP contribution in [0.2, 0.25) is 0 Å². The van der Waals surface area contributed by atoms with Crippen molar-refractivity contribution in [3.63, 3.8) is 0 Å². The highest BCUT2D eigenvalue weighted by Gasteiger charge is 2.20. The molecule has 0 bridgehead atoms. The van der Waals surface area contributed by atoms with Crippen LogP contribution in [-0.4, -0.2) is 72.1 Å². The van der Waals surface area contributed by atoms with Crippen molar-refractivity contribution >= 4 is 27.2 Å². The molecule has 3 aromatic rings. The quantitative estimate of drug-likeness (QED) is 0.662. The second-order valence-electron chi connectivity index (χ2n) is 7.79. The molecule has 2 aromatic heterocycles. The monoisotopic (exact) mass is 393 g/mol. The maximum Gasteiger partial charge on any atom is 0.132 e. The molecule has 2 aliphatic rings. The first-order valence-electron chi connectivity index (χ1n) is 10.4. The minimum absolute atomic E-state index is 1.03. The molecular formula is C22H27N5S. The summed E-state index contributed by atoms with van der Waals surface area (Å²) < 4.78 is 1.31. The predicted octanol–water partition coefficient (Wildman–Crippen LogP) is 3.58. The summed E-state index contributed by atoms with van der Waals surface area (Å²) in [5.74, 6) is 1.06. The summed E-state index contributed by atoms with van der Waals surface area (Å²) in [4.78, 5) is 17.9. The summed E-state index contributed by atoms with van der Waals surface area (Å²) in [6, 6.07) is 12.9. The molecule has 4 heterocycles. The highest BCUT2D eigenvalue weighted by Crippen LogP contribution is 2.33. The van der Waals surface area contributed by atoms with Crippen molar-refractivity contribution in [2.45, 2.75) is 12.8 Å². The van der Waals surface area contributed by atoms with Crippen LogP contribution < -0.4 is 4.90 Å². The third-order valence-corrected chi connectivity index (χ3v) is 7.10. The average molecular weight is 394 g/mol. The molecule has 2 saturated heterocycles. The number of piperazine rings is 1. The van der Waals surface area contributed by atoms with Gasteiger partial charge in [-0.1, -0.05) is 18.2 Å². The highest BCUT2D eigenvalue weighted by molar-refractivity contribution is 7.22. The first kappa shape index (κ1) is 18.0. The van der Waals surface area contributed by atoms with Gasteiger partial charge in [0.15, 0.2) is 0 Å². The Morgan fingerprint density at radius 1 is 0.821 bits per heavy atom. The lowest BCUT2D eigenvalue weighted by Gasteiger charge is -2.36. The fourth-order valence-corrected chi connectivity index (χ4v) is 5.28. The second-order valence-corrected chi connectivity index (χ2v) is 8.87. The van der Waals surface area contributed by atoms with Crippen molar-refractivity contribution in [3.05, 3.63) is 42.7 Å². The Labute approximate surface area is 170 Å². The maximum absolute atomic E-state index is 4.57. The van der Waals surface area contributed by atoms with E-state index in [0.717, 1.165) is 37.7 Å². The largest absolute Gasteiger partial charge is 0.354 e. The number of thiophene rings is 1. The third-order valence-electron chi connectivity index (χ3n) is 5.96. The van der Waals surface area contributed by atoms with Gasteiger partial charge in [-0.3, -0.25) is 4.90 Å². The van der Waals surface area contributed by atoms with E-state index in [1.807, 2.05) is 0 Å². The smallest absolute Gasteiger partial charge is 0.132 e. The van der Waals surface area contributed by atoms with Gasteiger partial charge in [-0.2, -0.15) is 0 Å². The van der Waals surface area contributed by atoms with Crippen molar-refractivity contribution in [2.24, 2.45) is 0 Å². The highest BCUT2D eigenvalue weighted by atomic mass is 32.1. The van der Waals surface area contributed by atoms with Gasteiger partial charge < -0.3 is 9.80 Å². The predicted molar refractivity (Wildman–Crippen MR) is 117 cm³/mol. The van der Waals surface area contributed by atoms with Gasteiger partial charge >= 0.3 is 0 Å². The summed E-state index contributed by atoms with van der Waals surface area (Å²) >= 11 is 1.80. The molecule has 0 aliphatic carbocycles. The van der Waals surface area contributed by atoms with Crippen LogP contribution in [-0.2, 0) is 0 Å². The number of benzene rings is 1. The maximum atomic E-state index is 4.57. The lowest BCUT2D eigenvalue weighted by Crippen LogP contribution is -2.48. The van der Waals surface area contributed by atoms with Crippen LogP contribution in [0.5, 0.6) is 0 Å². The van der Waals surface area contributed by atoms with Crippen LogP contribution in [0.3, 0.4) is 0 Å². The lowest BCUT2D eigenvalue weighted by molar-refractivity contribution is 0.215. The van der Waals surface area contributed by atoms with E-state index in [1.165, 1.54) is 54.0 Å². The Bertz CT molecular complexity index is 892. The Balaban J connectivity index is 1.23. The van der Waals surface area contributed by atoms with Crippen LogP contribution >= 0.6 is 11.3 Å². The van der Waals surface area contributed by atoms with E-state index in [-0.39, 0.29) is 0 Å². The van der Waals surface area contributed by atoms with Crippen molar-refractivity contribution < 1.29 is 0 Å². The lowest BCUT2D eigenvalue weighted by atomic mass is 10.2. The number of nitrogens with zero attached hydrogens (tertiary/aromatic N) is 5. The van der Waals surface area contributed by atoms with Gasteiger partial charge in [0.2, 0.25) is 0 Å². The molecular weight excluding hydrogens is 366 g/mol. The zero-order chi connectivity index (χ0) is 18.8. The van der Waals surface area contributed by atoms with Crippen molar-refractivity contribution in [3.8, 4) is 10.6 Å². The van der Waals surface area contributed by atoms with Gasteiger partial charge in [0, 0.05) is 50.0 Å². The molecule has 5 nitrogen and oxygen atoms in total. The van der Waals surface area contributed by atoms with Crippen LogP contribution in [0, 0.1) is 0 Å². The van der Waals surface area contributed by atoms with Crippen molar-refractivity contribution in [1.29, 1.82) is 0 Å². The Kier molecular flexibility index (Phi) is 5.25. The van der Waals surface area contributed by atoms with Crippen LogP contribution in [0.1, 0.15) is 12.8 Å². The average Bonchev–Trinajstić information content (AvgIpc) is 3.42. The minimum atomic E-state index is 1.03. The van der Waals surface area contributed by atoms with E-state index in [0.29, 0.717) is 0 Å². The number of hydrogen-bond donors (Lipinski definition) is 0. The van der Waals surface area contributed by atoms with E-state index in [9.17, 15) is 0 Å². The molecule has 6 heteroatoms. The number of rotatable bonds is 5. The van der Waals surface area contributed by atoms with E-state index in [4.69, 9.17) is 0 Å². The molecule has 2 aliphatic heterocycles. The second kappa shape index (κ2) is 8.15. The summed E-state index contributed by atoms with van der Waals surface area (Å²) in [5.41, 5.74) is 1.03. The molecule has 1 aromatic carbocycles. The van der Waals surface area contributed by atoms with Gasteiger partial charge in [-0.05, 0) is 43.5 Å². The molecule has 0 spiro atoms. The Morgan fingerprint density at radius 2 is 1.57 bits per heavy atom. The van der Waals surface area contributed by atoms with E-state index in [1.54, 1.807) is 17.7 Å². The van der Waals surface area contributed by atoms with E-state index < -0.39 is 0 Å². The molecule has 0 atom stereocenters. The molecule has 0 N–H and O–H groups in total. The zero-order valence-electron chi connectivity index (χ0n) is 16.3. The molecule has 0 saturated carbocycles. The number of hydrogen-bond acceptors (Lipinski definition) is 6. The molecule has 2 fully saturated rings. The van der Waals surface area contributed by atoms with Gasteiger partial charge in [-0.15, -0.1) is 11.3 Å². The SMILES string of the molecule is c1ccc2sc(-c3cc(N4CCN(CCN5CCCC5)CC4)ncn3)cc2c1. The minimum Gasteiger partial charge on any atom is -0.354 e. The standard InChI is InChI=1S/C22H27N5S/c1-2-6-20-18(5-1)15-21(28-20)19-16-22(24-17-23-19)27-13-11-26(12-14-27)10-9-25-7-3-4-8-25/h1-2,5-6,15-17H,3-4,7-14H2. The summed E-state index contributed by atoms with van der Waals surface area (Å²) in [5, 5.41) is 1.29. The van der Waals surface area contributed by atoms with Crippen LogP contribution in [0.4, 0.5) is 5.82 Å². The number of aromatic nitrogens is 2. The van der Waals surface area contributed by atoms with E-state index >= 15 is 0 Å². The van der Waals surface area contributed by atoms with Gasteiger partial charge in [0.25, 0.3) is 0 Å². The van der Waals surface area contributed by atoms with Crippen LogP contribution in [0.25, 0.3) is 20.7 Å². The summed E-state index contributed by atoms with van der Waals surface area (Å²) in [6.45, 7) is 9.34. The number of fused-ring (bicyclic) bond motifs is 1. The fourth-order valence-electron chi connectivity index (χ4n) is 4.25. The summed E-state index contributed by atoms with van der Waals surface area (Å²) in [6.07, 6.45) is 4.47.